The van der Waals surface area contributed by atoms with Crippen LogP contribution in [0.5, 0.6) is 0 Å². The second-order valence-corrected chi connectivity index (χ2v) is 3.82. The van der Waals surface area contributed by atoms with Crippen molar-refractivity contribution in [3.05, 3.63) is 12.2 Å². The van der Waals surface area contributed by atoms with E-state index >= 15 is 0 Å². The van der Waals surface area contributed by atoms with Gasteiger partial charge in [-0.05, 0) is 20.8 Å². The lowest BCUT2D eigenvalue weighted by atomic mass is 10.1. The number of isocyanates is 2. The first-order valence-corrected chi connectivity index (χ1v) is 4.89. The Kier molecular flexibility index (Phi) is 5.75. The number of nitrogens with zero attached hydrogens (tertiary/aromatic N) is 2. The zero-order valence-electron chi connectivity index (χ0n) is 10.0. The van der Waals surface area contributed by atoms with Crippen molar-refractivity contribution in [1.82, 2.24) is 0 Å². The Morgan fingerprint density at radius 1 is 1.41 bits per heavy atom. The third-order valence-electron chi connectivity index (χ3n) is 1.90. The van der Waals surface area contributed by atoms with E-state index in [0.29, 0.717) is 0 Å². The van der Waals surface area contributed by atoms with E-state index in [1.54, 1.807) is 6.92 Å². The largest absolute Gasteiger partial charge is 0.459 e. The maximum atomic E-state index is 11.2. The molecule has 6 heteroatoms. The third-order valence-corrected chi connectivity index (χ3v) is 1.90. The van der Waals surface area contributed by atoms with E-state index < -0.39 is 17.7 Å². The summed E-state index contributed by atoms with van der Waals surface area (Å²) in [7, 11) is 0. The van der Waals surface area contributed by atoms with E-state index in [0.717, 1.165) is 0 Å². The minimum absolute atomic E-state index is 0.0799. The van der Waals surface area contributed by atoms with Crippen molar-refractivity contribution < 1.29 is 19.1 Å². The molecule has 1 atom stereocenters. The minimum Gasteiger partial charge on any atom is -0.459 e. The molecule has 1 unspecified atom stereocenters. The van der Waals surface area contributed by atoms with Crippen LogP contribution in [0.25, 0.3) is 0 Å². The van der Waals surface area contributed by atoms with Gasteiger partial charge in [-0.15, -0.1) is 0 Å². The third kappa shape index (κ3) is 5.56. The van der Waals surface area contributed by atoms with Crippen LogP contribution < -0.4 is 0 Å². The first-order chi connectivity index (χ1) is 7.84. The van der Waals surface area contributed by atoms with Crippen molar-refractivity contribution in [3.8, 4) is 0 Å². The predicted octanol–water partition coefficient (Wildman–Crippen LogP) is 1.27. The smallest absolute Gasteiger partial charge is 0.333 e. The van der Waals surface area contributed by atoms with E-state index in [-0.39, 0.29) is 12.0 Å². The van der Waals surface area contributed by atoms with Gasteiger partial charge in [0, 0.05) is 12.0 Å². The molecule has 0 aliphatic rings. The van der Waals surface area contributed by atoms with Crippen LogP contribution in [0.3, 0.4) is 0 Å². The molecule has 17 heavy (non-hydrogen) atoms. The second kappa shape index (κ2) is 6.53. The number of carbonyl (C=O) groups is 1. The zero-order chi connectivity index (χ0) is 13.5. The summed E-state index contributed by atoms with van der Waals surface area (Å²) in [5.41, 5.74) is -1.05. The van der Waals surface area contributed by atoms with Crippen LogP contribution in [0.15, 0.2) is 22.1 Å². The first kappa shape index (κ1) is 15.0. The van der Waals surface area contributed by atoms with Gasteiger partial charge in [0.1, 0.15) is 6.10 Å². The molecule has 0 N–H and O–H groups in total. The van der Waals surface area contributed by atoms with Gasteiger partial charge in [0.2, 0.25) is 12.2 Å². The fraction of sp³-hybridized carbons (Fsp3) is 0.545. The molecule has 0 aromatic rings. The van der Waals surface area contributed by atoms with Crippen molar-refractivity contribution in [3.63, 3.8) is 0 Å². The Morgan fingerprint density at radius 2 is 1.88 bits per heavy atom. The van der Waals surface area contributed by atoms with Gasteiger partial charge in [-0.3, -0.25) is 0 Å². The number of esters is 1. The highest BCUT2D eigenvalue weighted by Gasteiger charge is 2.27. The fourth-order valence-corrected chi connectivity index (χ4v) is 1.18. The standard InChI is InChI=1S/C11H14N2O4/c1-8(2)10(16)17-9(3)5-11(4,12-6-14)13-7-15/h9H,1,5H2,2-4H3. The van der Waals surface area contributed by atoms with E-state index in [4.69, 9.17) is 4.74 Å². The summed E-state index contributed by atoms with van der Waals surface area (Å²) >= 11 is 0. The highest BCUT2D eigenvalue weighted by Crippen LogP contribution is 2.20. The van der Waals surface area contributed by atoms with Gasteiger partial charge in [0.25, 0.3) is 0 Å². The molecule has 0 bridgehead atoms. The highest BCUT2D eigenvalue weighted by atomic mass is 16.5. The Morgan fingerprint density at radius 3 is 2.24 bits per heavy atom. The quantitative estimate of drug-likeness (QED) is 0.302. The summed E-state index contributed by atoms with van der Waals surface area (Å²) in [6.45, 7) is 7.98. The molecule has 0 aromatic carbocycles. The molecule has 0 spiro atoms. The molecule has 0 rings (SSSR count). The molecule has 6 nitrogen and oxygen atoms in total. The average molecular weight is 238 g/mol. The average Bonchev–Trinajstić information content (AvgIpc) is 2.16. The van der Waals surface area contributed by atoms with Crippen molar-refractivity contribution in [2.75, 3.05) is 0 Å². The summed E-state index contributed by atoms with van der Waals surface area (Å²) < 4.78 is 4.98. The van der Waals surface area contributed by atoms with E-state index in [2.05, 4.69) is 16.6 Å². The number of ether oxygens (including phenoxy) is 1. The number of hydrogen-bond acceptors (Lipinski definition) is 6. The molecular formula is C11H14N2O4. The van der Waals surface area contributed by atoms with E-state index in [1.165, 1.54) is 26.0 Å². The minimum atomic E-state index is -1.31. The molecule has 0 heterocycles. The van der Waals surface area contributed by atoms with Gasteiger partial charge in [0.05, 0.1) is 0 Å². The van der Waals surface area contributed by atoms with Crippen molar-refractivity contribution in [2.45, 2.75) is 39.0 Å². The summed E-state index contributed by atoms with van der Waals surface area (Å²) in [6.07, 6.45) is 2.15. The van der Waals surface area contributed by atoms with Crippen LogP contribution in [-0.2, 0) is 19.1 Å². The van der Waals surface area contributed by atoms with Crippen LogP contribution >= 0.6 is 0 Å². The van der Waals surface area contributed by atoms with Crippen LogP contribution in [0.4, 0.5) is 0 Å². The lowest BCUT2D eigenvalue weighted by Crippen LogP contribution is -2.28. The van der Waals surface area contributed by atoms with E-state index in [9.17, 15) is 14.4 Å². The normalized spacial score (nSPS) is 14.5. The topological polar surface area (TPSA) is 85.2 Å². The molecule has 0 aliphatic carbocycles. The maximum absolute atomic E-state index is 11.2. The van der Waals surface area contributed by atoms with Crippen LogP contribution in [0, 0.1) is 0 Å². The summed E-state index contributed by atoms with van der Waals surface area (Å²) in [6, 6.07) is 0. The number of rotatable bonds is 6. The van der Waals surface area contributed by atoms with Gasteiger partial charge in [-0.2, -0.15) is 9.98 Å². The SMILES string of the molecule is C=C(C)C(=O)OC(C)CC(C)(N=C=O)N=C=O. The Hall–Kier alpha value is -2.03. The first-order valence-electron chi connectivity index (χ1n) is 4.89. The van der Waals surface area contributed by atoms with Crippen molar-refractivity contribution in [2.24, 2.45) is 9.98 Å². The van der Waals surface area contributed by atoms with Gasteiger partial charge in [-0.1, -0.05) is 6.58 Å². The lowest BCUT2D eigenvalue weighted by molar-refractivity contribution is -0.144. The molecule has 0 fully saturated rings. The van der Waals surface area contributed by atoms with Crippen LogP contribution in [0.1, 0.15) is 27.2 Å². The molecule has 92 valence electrons. The van der Waals surface area contributed by atoms with Gasteiger partial charge in [-0.25, -0.2) is 14.4 Å². The lowest BCUT2D eigenvalue weighted by Gasteiger charge is -2.21. The number of carbonyl (C=O) groups excluding carboxylic acids is 3. The summed E-state index contributed by atoms with van der Waals surface area (Å²) in [5, 5.41) is 0. The van der Waals surface area contributed by atoms with E-state index in [1.807, 2.05) is 0 Å². The van der Waals surface area contributed by atoms with Crippen molar-refractivity contribution >= 4 is 18.1 Å². The molecule has 0 aliphatic heterocycles. The monoisotopic (exact) mass is 238 g/mol. The summed E-state index contributed by atoms with van der Waals surface area (Å²) in [5.74, 6) is -0.551. The Balaban J connectivity index is 4.68. The predicted molar refractivity (Wildman–Crippen MR) is 59.6 cm³/mol. The molecule has 0 saturated carbocycles. The van der Waals surface area contributed by atoms with Gasteiger partial charge >= 0.3 is 5.97 Å². The van der Waals surface area contributed by atoms with Gasteiger partial charge < -0.3 is 4.74 Å². The van der Waals surface area contributed by atoms with Crippen molar-refractivity contribution in [1.29, 1.82) is 0 Å². The maximum Gasteiger partial charge on any atom is 0.333 e. The second-order valence-electron chi connectivity index (χ2n) is 3.82. The molecule has 0 aromatic heterocycles. The van der Waals surface area contributed by atoms with Crippen LogP contribution in [-0.4, -0.2) is 29.9 Å². The number of hydrogen-bond donors (Lipinski definition) is 0. The van der Waals surface area contributed by atoms with Crippen LogP contribution in [0.2, 0.25) is 0 Å². The fourth-order valence-electron chi connectivity index (χ4n) is 1.18. The number of aliphatic imine (C=N–C) groups is 2. The van der Waals surface area contributed by atoms with Gasteiger partial charge in [0.15, 0.2) is 5.66 Å². The Bertz CT molecular complexity index is 386. The highest BCUT2D eigenvalue weighted by molar-refractivity contribution is 5.87. The molecule has 0 amide bonds. The summed E-state index contributed by atoms with van der Waals surface area (Å²) in [4.78, 5) is 38.4. The Labute approximate surface area is 99.1 Å². The molecular weight excluding hydrogens is 224 g/mol. The molecule has 0 radical (unpaired) electrons. The zero-order valence-corrected chi connectivity index (χ0v) is 10.0. The molecule has 0 saturated heterocycles.